The number of primary amides is 1. The van der Waals surface area contributed by atoms with E-state index in [9.17, 15) is 9.59 Å². The van der Waals surface area contributed by atoms with Crippen molar-refractivity contribution < 1.29 is 19.1 Å². The van der Waals surface area contributed by atoms with Gasteiger partial charge in [0.25, 0.3) is 5.91 Å². The quantitative estimate of drug-likeness (QED) is 0.155. The fourth-order valence-corrected chi connectivity index (χ4v) is 5.05. The molecule has 8 heteroatoms. The van der Waals surface area contributed by atoms with E-state index in [0.29, 0.717) is 22.8 Å². The van der Waals surface area contributed by atoms with E-state index in [0.717, 1.165) is 53.9 Å². The Kier molecular flexibility index (Phi) is 9.92. The Morgan fingerprint density at radius 2 is 1.68 bits per heavy atom. The second kappa shape index (κ2) is 13.8. The predicted octanol–water partition coefficient (Wildman–Crippen LogP) is 5.58. The average molecular weight is 555 g/mol. The number of anilines is 1. The number of carbonyl (C=O) groups is 2. The molecule has 0 aromatic heterocycles. The average Bonchev–Trinajstić information content (AvgIpc) is 2.93. The summed E-state index contributed by atoms with van der Waals surface area (Å²) in [6.07, 6.45) is 3.50. The molecule has 3 aromatic rings. The first-order valence-corrected chi connectivity index (χ1v) is 13.9. The molecular formula is C33H38N4O4. The van der Waals surface area contributed by atoms with Crippen molar-refractivity contribution in [2.45, 2.75) is 32.6 Å². The lowest BCUT2D eigenvalue weighted by Crippen LogP contribution is -2.29. The normalized spacial score (nSPS) is 16.6. The van der Waals surface area contributed by atoms with Crippen LogP contribution in [0.15, 0.2) is 89.1 Å². The number of carbonyl (C=O) groups excluding carboxylic acids is 2. The van der Waals surface area contributed by atoms with Gasteiger partial charge in [-0.2, -0.15) is 0 Å². The van der Waals surface area contributed by atoms with E-state index in [4.69, 9.17) is 15.2 Å². The number of para-hydroxylation sites is 1. The molecule has 1 unspecified atom stereocenters. The number of hydrogen-bond acceptors (Lipinski definition) is 7. The number of allylic oxidation sites excluding steroid dienone is 1. The summed E-state index contributed by atoms with van der Waals surface area (Å²) in [5.74, 6) is 0.995. The monoisotopic (exact) mass is 554 g/mol. The summed E-state index contributed by atoms with van der Waals surface area (Å²) in [5.41, 5.74) is 10.2. The zero-order chi connectivity index (χ0) is 29.4. The molecule has 0 spiro atoms. The number of benzene rings is 3. The molecule has 3 N–H and O–H groups in total. The number of fused-ring (bicyclic) bond motifs is 1. The Morgan fingerprint density at radius 1 is 1.00 bits per heavy atom. The van der Waals surface area contributed by atoms with E-state index in [1.807, 2.05) is 86.9 Å². The number of rotatable bonds is 9. The molecule has 41 heavy (non-hydrogen) atoms. The van der Waals surface area contributed by atoms with Crippen LogP contribution >= 0.6 is 0 Å². The van der Waals surface area contributed by atoms with Gasteiger partial charge in [0.2, 0.25) is 0 Å². The third-order valence-corrected chi connectivity index (χ3v) is 7.01. The first-order valence-electron chi connectivity index (χ1n) is 13.9. The number of aryl methyl sites for hydroxylation is 1. The van der Waals surface area contributed by atoms with Gasteiger partial charge >= 0.3 is 5.97 Å². The molecule has 214 valence electrons. The summed E-state index contributed by atoms with van der Waals surface area (Å²) >= 11 is 0. The van der Waals surface area contributed by atoms with Gasteiger partial charge in [-0.25, -0.2) is 0 Å². The first-order chi connectivity index (χ1) is 19.8. The van der Waals surface area contributed by atoms with Gasteiger partial charge < -0.3 is 20.5 Å². The van der Waals surface area contributed by atoms with Gasteiger partial charge in [0, 0.05) is 30.1 Å². The highest BCUT2D eigenvalue weighted by molar-refractivity contribution is 6.28. The topological polar surface area (TPSA) is 106 Å². The molecular weight excluding hydrogens is 516 g/mol. The van der Waals surface area contributed by atoms with Gasteiger partial charge in [-0.3, -0.25) is 19.5 Å². The van der Waals surface area contributed by atoms with Crippen LogP contribution in [0.5, 0.6) is 17.2 Å². The minimum atomic E-state index is -0.563. The summed E-state index contributed by atoms with van der Waals surface area (Å²) in [5, 5.41) is 3.54. The Morgan fingerprint density at radius 3 is 2.32 bits per heavy atom. The van der Waals surface area contributed by atoms with Crippen LogP contribution in [-0.2, 0) is 16.0 Å². The van der Waals surface area contributed by atoms with Crippen LogP contribution in [0.25, 0.3) is 0 Å². The number of amides is 1. The number of likely N-dealkylation sites (N-methyl/N-ethyl adjacent to an activating group) is 1. The molecule has 4 rings (SSSR count). The van der Waals surface area contributed by atoms with Crippen molar-refractivity contribution in [1.29, 1.82) is 0 Å². The van der Waals surface area contributed by atoms with E-state index in [2.05, 4.69) is 17.2 Å². The zero-order valence-electron chi connectivity index (χ0n) is 24.1. The third-order valence-electron chi connectivity index (χ3n) is 7.01. The smallest absolute Gasteiger partial charge is 0.325 e. The number of ether oxygens (including phenoxy) is 2. The number of nitrogens with one attached hydrogen (secondary N) is 1. The third kappa shape index (κ3) is 7.61. The molecule has 0 fully saturated rings. The van der Waals surface area contributed by atoms with E-state index in [-0.39, 0.29) is 18.4 Å². The summed E-state index contributed by atoms with van der Waals surface area (Å²) in [6, 6.07) is 22.6. The van der Waals surface area contributed by atoms with E-state index in [1.165, 1.54) is 0 Å². The minimum absolute atomic E-state index is 0.0584. The van der Waals surface area contributed by atoms with Gasteiger partial charge in [-0.1, -0.05) is 31.2 Å². The summed E-state index contributed by atoms with van der Waals surface area (Å²) in [4.78, 5) is 31.7. The van der Waals surface area contributed by atoms with Crippen LogP contribution in [0.1, 0.15) is 37.3 Å². The second-order valence-corrected chi connectivity index (χ2v) is 10.3. The Bertz CT molecular complexity index is 1430. The minimum Gasteiger partial charge on any atom is -0.457 e. The molecule has 0 bridgehead atoms. The van der Waals surface area contributed by atoms with Gasteiger partial charge in [0.1, 0.15) is 17.2 Å². The predicted molar refractivity (Wildman–Crippen MR) is 163 cm³/mol. The summed E-state index contributed by atoms with van der Waals surface area (Å²) in [7, 11) is 5.29. The summed E-state index contributed by atoms with van der Waals surface area (Å²) in [6.45, 7) is 2.27. The molecule has 0 saturated heterocycles. The number of aliphatic imine (C=N–C) groups is 1. The molecule has 1 atom stereocenters. The van der Waals surface area contributed by atoms with Crippen molar-refractivity contribution in [2.24, 2.45) is 16.6 Å². The molecule has 1 aliphatic heterocycles. The SMILES string of the molecule is CCC1CCCc2ccc(OC(=O)CN(C)C)cc2N/C1=C(\C(N)=O)C(=NC)c1ccc(Oc2ccccc2)cc1. The summed E-state index contributed by atoms with van der Waals surface area (Å²) < 4.78 is 11.5. The standard InChI is InChI=1S/C33H38N4O4/c1-5-22-10-9-11-23-14-19-27(41-29(38)21-37(3)4)20-28(23)36-32(22)30(33(34)39)31(35-2)24-15-17-26(18-16-24)40-25-12-7-6-8-13-25/h6-8,12-20,22,36H,5,9-11,21H2,1-4H3,(H2,34,39)/b32-30-,35-31?. The Labute approximate surface area is 241 Å². The highest BCUT2D eigenvalue weighted by Gasteiger charge is 2.27. The van der Waals surface area contributed by atoms with Crippen molar-refractivity contribution in [2.75, 3.05) is 33.0 Å². The largest absolute Gasteiger partial charge is 0.457 e. The second-order valence-electron chi connectivity index (χ2n) is 10.3. The van der Waals surface area contributed by atoms with Crippen LogP contribution in [0.4, 0.5) is 5.69 Å². The number of nitrogens with two attached hydrogens (primary N) is 1. The fraction of sp³-hybridized carbons (Fsp3) is 0.303. The van der Waals surface area contributed by atoms with E-state index in [1.54, 1.807) is 11.9 Å². The van der Waals surface area contributed by atoms with Crippen LogP contribution in [0, 0.1) is 5.92 Å². The molecule has 0 radical (unpaired) electrons. The molecule has 0 saturated carbocycles. The van der Waals surface area contributed by atoms with Crippen LogP contribution in [-0.4, -0.2) is 50.2 Å². The lowest BCUT2D eigenvalue weighted by atomic mass is 9.86. The maximum atomic E-state index is 13.1. The van der Waals surface area contributed by atoms with Crippen molar-refractivity contribution in [3.63, 3.8) is 0 Å². The van der Waals surface area contributed by atoms with Crippen LogP contribution < -0.4 is 20.5 Å². The van der Waals surface area contributed by atoms with E-state index >= 15 is 0 Å². The molecule has 1 heterocycles. The molecule has 1 amide bonds. The van der Waals surface area contributed by atoms with Crippen molar-refractivity contribution in [1.82, 2.24) is 4.90 Å². The molecule has 0 aliphatic carbocycles. The van der Waals surface area contributed by atoms with Crippen molar-refractivity contribution in [3.05, 3.63) is 95.2 Å². The molecule has 8 nitrogen and oxygen atoms in total. The van der Waals surface area contributed by atoms with Crippen molar-refractivity contribution >= 4 is 23.3 Å². The maximum absolute atomic E-state index is 13.1. The van der Waals surface area contributed by atoms with Gasteiger partial charge in [0.05, 0.1) is 17.8 Å². The maximum Gasteiger partial charge on any atom is 0.325 e. The van der Waals surface area contributed by atoms with Gasteiger partial charge in [-0.15, -0.1) is 0 Å². The fourth-order valence-electron chi connectivity index (χ4n) is 5.05. The first kappa shape index (κ1) is 29.6. The number of nitrogens with zero attached hydrogens (tertiary/aromatic N) is 2. The lowest BCUT2D eigenvalue weighted by Gasteiger charge is -2.28. The molecule has 3 aromatic carbocycles. The number of hydrogen-bond donors (Lipinski definition) is 2. The van der Waals surface area contributed by atoms with Crippen LogP contribution in [0.3, 0.4) is 0 Å². The highest BCUT2D eigenvalue weighted by atomic mass is 16.5. The van der Waals surface area contributed by atoms with Crippen molar-refractivity contribution in [3.8, 4) is 17.2 Å². The van der Waals surface area contributed by atoms with E-state index < -0.39 is 5.91 Å². The van der Waals surface area contributed by atoms with Gasteiger partial charge in [0.15, 0.2) is 0 Å². The Balaban J connectivity index is 1.72. The number of esters is 1. The zero-order valence-corrected chi connectivity index (χ0v) is 24.1. The highest BCUT2D eigenvalue weighted by Crippen LogP contribution is 2.35. The molecule has 1 aliphatic rings. The lowest BCUT2D eigenvalue weighted by molar-refractivity contribution is -0.135. The van der Waals surface area contributed by atoms with Gasteiger partial charge in [-0.05, 0) is 93.7 Å². The van der Waals surface area contributed by atoms with Crippen LogP contribution in [0.2, 0.25) is 0 Å². The Hall–Kier alpha value is -4.43.